The highest BCUT2D eigenvalue weighted by molar-refractivity contribution is 5.09. The number of hydrogen-bond acceptors (Lipinski definition) is 4. The zero-order valence-corrected chi connectivity index (χ0v) is 11.8. The summed E-state index contributed by atoms with van der Waals surface area (Å²) in [5.74, 6) is 6.51. The molecule has 1 unspecified atom stereocenters. The zero-order valence-electron chi connectivity index (χ0n) is 11.8. The van der Waals surface area contributed by atoms with E-state index in [1.165, 1.54) is 37.7 Å². The number of ether oxygens (including phenoxy) is 1. The molecule has 1 aliphatic heterocycles. The molecular weight excluding hydrogens is 240 g/mol. The summed E-state index contributed by atoms with van der Waals surface area (Å²) in [6, 6.07) is 0.225. The Morgan fingerprint density at radius 3 is 2.89 bits per heavy atom. The second-order valence-corrected chi connectivity index (χ2v) is 5.51. The Labute approximate surface area is 115 Å². The number of aryl methyl sites for hydroxylation is 1. The molecule has 0 aromatic carbocycles. The van der Waals surface area contributed by atoms with Crippen LogP contribution in [0.3, 0.4) is 0 Å². The van der Waals surface area contributed by atoms with Crippen molar-refractivity contribution < 1.29 is 4.74 Å². The predicted octanol–water partition coefficient (Wildman–Crippen LogP) is 1.91. The maximum absolute atomic E-state index is 5.64. The Morgan fingerprint density at radius 2 is 2.26 bits per heavy atom. The van der Waals surface area contributed by atoms with Gasteiger partial charge in [-0.3, -0.25) is 16.0 Å². The minimum absolute atomic E-state index is 0.225. The number of nitrogens with two attached hydrogens (primary N) is 1. The van der Waals surface area contributed by atoms with E-state index in [1.807, 2.05) is 24.1 Å². The lowest BCUT2D eigenvalue weighted by Gasteiger charge is -2.22. The highest BCUT2D eigenvalue weighted by Gasteiger charge is 2.14. The maximum atomic E-state index is 5.64. The van der Waals surface area contributed by atoms with Crippen LogP contribution in [-0.4, -0.2) is 23.0 Å². The predicted molar refractivity (Wildman–Crippen MR) is 75.3 cm³/mol. The highest BCUT2D eigenvalue weighted by Crippen LogP contribution is 2.23. The van der Waals surface area contributed by atoms with E-state index in [-0.39, 0.29) is 6.04 Å². The van der Waals surface area contributed by atoms with Gasteiger partial charge in [0.1, 0.15) is 0 Å². The van der Waals surface area contributed by atoms with Gasteiger partial charge in [-0.1, -0.05) is 19.3 Å². The van der Waals surface area contributed by atoms with Crippen LogP contribution in [0.15, 0.2) is 12.4 Å². The Morgan fingerprint density at radius 1 is 1.47 bits per heavy atom. The number of hydrazine groups is 1. The Hall–Kier alpha value is -0.910. The summed E-state index contributed by atoms with van der Waals surface area (Å²) in [5, 5.41) is 4.19. The van der Waals surface area contributed by atoms with Gasteiger partial charge < -0.3 is 4.74 Å². The van der Waals surface area contributed by atoms with Crippen LogP contribution in [0, 0.1) is 5.92 Å². The molecule has 19 heavy (non-hydrogen) atoms. The fraction of sp³-hybridized carbons (Fsp3) is 0.786. The summed E-state index contributed by atoms with van der Waals surface area (Å²) < 4.78 is 7.21. The maximum Gasteiger partial charge on any atom is 0.0538 e. The number of unbranched alkanes of at least 4 members (excludes halogenated alkanes) is 1. The van der Waals surface area contributed by atoms with Crippen LogP contribution >= 0.6 is 0 Å². The molecule has 1 aromatic rings. The zero-order chi connectivity index (χ0) is 13.5. The Balaban J connectivity index is 1.65. The van der Waals surface area contributed by atoms with Crippen LogP contribution in [-0.2, 0) is 11.8 Å². The van der Waals surface area contributed by atoms with Gasteiger partial charge in [0, 0.05) is 38.1 Å². The number of aromatic nitrogens is 2. The molecule has 0 radical (unpaired) electrons. The molecule has 1 aromatic heterocycles. The lowest BCUT2D eigenvalue weighted by Crippen LogP contribution is -2.27. The summed E-state index contributed by atoms with van der Waals surface area (Å²) in [4.78, 5) is 0. The van der Waals surface area contributed by atoms with Crippen LogP contribution in [0.2, 0.25) is 0 Å². The fourth-order valence-corrected chi connectivity index (χ4v) is 2.78. The molecule has 0 amide bonds. The quantitative estimate of drug-likeness (QED) is 0.449. The first-order valence-corrected chi connectivity index (χ1v) is 7.32. The van der Waals surface area contributed by atoms with Gasteiger partial charge in [-0.25, -0.2) is 0 Å². The highest BCUT2D eigenvalue weighted by atomic mass is 16.5. The first-order chi connectivity index (χ1) is 9.29. The monoisotopic (exact) mass is 266 g/mol. The molecule has 1 aliphatic rings. The third-order valence-corrected chi connectivity index (χ3v) is 4.02. The van der Waals surface area contributed by atoms with Gasteiger partial charge in [-0.05, 0) is 25.2 Å². The second-order valence-electron chi connectivity index (χ2n) is 5.51. The van der Waals surface area contributed by atoms with Crippen molar-refractivity contribution in [3.63, 3.8) is 0 Å². The third kappa shape index (κ3) is 4.60. The third-order valence-electron chi connectivity index (χ3n) is 4.02. The van der Waals surface area contributed by atoms with Gasteiger partial charge in [0.15, 0.2) is 0 Å². The molecule has 1 fully saturated rings. The minimum Gasteiger partial charge on any atom is -0.381 e. The summed E-state index contributed by atoms with van der Waals surface area (Å²) in [6.07, 6.45) is 11.3. The van der Waals surface area contributed by atoms with Crippen molar-refractivity contribution in [2.24, 2.45) is 18.8 Å². The van der Waals surface area contributed by atoms with E-state index in [4.69, 9.17) is 10.6 Å². The minimum atomic E-state index is 0.225. The van der Waals surface area contributed by atoms with E-state index in [2.05, 4.69) is 10.5 Å². The molecule has 5 nitrogen and oxygen atoms in total. The van der Waals surface area contributed by atoms with E-state index in [0.29, 0.717) is 0 Å². The van der Waals surface area contributed by atoms with Gasteiger partial charge in [0.25, 0.3) is 0 Å². The number of rotatable bonds is 7. The molecule has 2 rings (SSSR count). The molecule has 2 heterocycles. The summed E-state index contributed by atoms with van der Waals surface area (Å²) in [6.45, 7) is 1.90. The molecule has 5 heteroatoms. The second kappa shape index (κ2) is 7.62. The topological polar surface area (TPSA) is 65.1 Å². The lowest BCUT2D eigenvalue weighted by atomic mass is 9.93. The van der Waals surface area contributed by atoms with Crippen molar-refractivity contribution in [1.29, 1.82) is 0 Å². The van der Waals surface area contributed by atoms with Crippen molar-refractivity contribution in [2.45, 2.75) is 44.6 Å². The van der Waals surface area contributed by atoms with Crippen molar-refractivity contribution in [3.8, 4) is 0 Å². The number of nitrogens with one attached hydrogen (secondary N) is 1. The van der Waals surface area contributed by atoms with Crippen molar-refractivity contribution in [3.05, 3.63) is 18.0 Å². The molecule has 108 valence electrons. The van der Waals surface area contributed by atoms with Crippen LogP contribution < -0.4 is 11.3 Å². The normalized spacial score (nSPS) is 18.6. The van der Waals surface area contributed by atoms with Crippen LogP contribution in [0.25, 0.3) is 0 Å². The molecule has 0 spiro atoms. The summed E-state index contributed by atoms with van der Waals surface area (Å²) in [7, 11) is 1.93. The first-order valence-electron chi connectivity index (χ1n) is 7.32. The number of hydrogen-bond donors (Lipinski definition) is 2. The lowest BCUT2D eigenvalue weighted by molar-refractivity contribution is 0.0630. The van der Waals surface area contributed by atoms with Crippen LogP contribution in [0.4, 0.5) is 0 Å². The van der Waals surface area contributed by atoms with Gasteiger partial charge in [0.2, 0.25) is 0 Å². The van der Waals surface area contributed by atoms with Gasteiger partial charge in [-0.2, -0.15) is 5.10 Å². The molecule has 1 atom stereocenters. The van der Waals surface area contributed by atoms with Gasteiger partial charge >= 0.3 is 0 Å². The average Bonchev–Trinajstić information content (AvgIpc) is 2.86. The Kier molecular flexibility index (Phi) is 5.82. The van der Waals surface area contributed by atoms with Gasteiger partial charge in [0.05, 0.1) is 6.20 Å². The summed E-state index contributed by atoms with van der Waals surface area (Å²) >= 11 is 0. The van der Waals surface area contributed by atoms with E-state index >= 15 is 0 Å². The molecular formula is C14H26N4O. The largest absolute Gasteiger partial charge is 0.381 e. The van der Waals surface area contributed by atoms with E-state index in [1.54, 1.807) is 0 Å². The molecule has 1 saturated heterocycles. The standard InChI is InChI=1S/C14H26N4O/c1-18-11-13(10-16-18)14(17-15)5-3-2-4-12-6-8-19-9-7-12/h10-12,14,17H,2-9,15H2,1H3. The first kappa shape index (κ1) is 14.5. The SMILES string of the molecule is Cn1cc(C(CCCCC2CCOCC2)NN)cn1. The fourth-order valence-electron chi connectivity index (χ4n) is 2.78. The van der Waals surface area contributed by atoms with Crippen molar-refractivity contribution >= 4 is 0 Å². The molecule has 0 bridgehead atoms. The smallest absolute Gasteiger partial charge is 0.0538 e. The molecule has 3 N–H and O–H groups in total. The van der Waals surface area contributed by atoms with E-state index in [0.717, 1.165) is 25.6 Å². The Bertz CT molecular complexity index is 360. The van der Waals surface area contributed by atoms with Crippen LogP contribution in [0.5, 0.6) is 0 Å². The molecule has 0 saturated carbocycles. The number of nitrogens with zero attached hydrogens (tertiary/aromatic N) is 2. The van der Waals surface area contributed by atoms with E-state index in [9.17, 15) is 0 Å². The molecule has 0 aliphatic carbocycles. The van der Waals surface area contributed by atoms with E-state index < -0.39 is 0 Å². The summed E-state index contributed by atoms with van der Waals surface area (Å²) in [5.41, 5.74) is 4.07. The van der Waals surface area contributed by atoms with Crippen LogP contribution in [0.1, 0.15) is 50.1 Å². The van der Waals surface area contributed by atoms with Crippen molar-refractivity contribution in [2.75, 3.05) is 13.2 Å². The average molecular weight is 266 g/mol. The van der Waals surface area contributed by atoms with Gasteiger partial charge in [-0.15, -0.1) is 0 Å². The van der Waals surface area contributed by atoms with Crippen molar-refractivity contribution in [1.82, 2.24) is 15.2 Å².